The summed E-state index contributed by atoms with van der Waals surface area (Å²) in [6.45, 7) is 3.17. The molecule has 4 heteroatoms. The van der Waals surface area contributed by atoms with E-state index in [4.69, 9.17) is 0 Å². The fourth-order valence-electron chi connectivity index (χ4n) is 2.88. The van der Waals surface area contributed by atoms with Gasteiger partial charge in [-0.15, -0.1) is 0 Å². The number of fused-ring (bicyclic) bond motifs is 1. The molecular formula is C15H23BrN2O. The minimum atomic E-state index is -0.693. The third-order valence-electron chi connectivity index (χ3n) is 3.57. The minimum absolute atomic E-state index is 0.372. The quantitative estimate of drug-likeness (QED) is 0.871. The normalized spacial score (nSPS) is 21.5. The van der Waals surface area contributed by atoms with Crippen LogP contribution in [0.15, 0.2) is 22.7 Å². The first kappa shape index (κ1) is 15.0. The maximum atomic E-state index is 10.3. The highest BCUT2D eigenvalue weighted by Gasteiger charge is 2.26. The molecule has 2 N–H and O–H groups in total. The molecule has 1 aromatic rings. The molecule has 0 spiro atoms. The Morgan fingerprint density at radius 1 is 1.47 bits per heavy atom. The summed E-state index contributed by atoms with van der Waals surface area (Å²) in [5.41, 5.74) is 2.10. The Kier molecular flexibility index (Phi) is 4.66. The SMILES string of the molecule is CN(C)CC(C)(O)CNC1CCc2cc(Br)ccc21. The van der Waals surface area contributed by atoms with Crippen LogP contribution in [0.5, 0.6) is 0 Å². The highest BCUT2D eigenvalue weighted by atomic mass is 79.9. The molecule has 0 fully saturated rings. The van der Waals surface area contributed by atoms with Crippen LogP contribution in [0.3, 0.4) is 0 Å². The molecule has 0 saturated carbocycles. The van der Waals surface area contributed by atoms with E-state index in [-0.39, 0.29) is 0 Å². The number of aliphatic hydroxyl groups is 1. The Balaban J connectivity index is 1.96. The van der Waals surface area contributed by atoms with Gasteiger partial charge in [-0.2, -0.15) is 0 Å². The largest absolute Gasteiger partial charge is 0.388 e. The van der Waals surface area contributed by atoms with Crippen molar-refractivity contribution in [2.24, 2.45) is 0 Å². The third-order valence-corrected chi connectivity index (χ3v) is 4.06. The number of hydrogen-bond acceptors (Lipinski definition) is 3. The fraction of sp³-hybridized carbons (Fsp3) is 0.600. The molecule has 1 aliphatic carbocycles. The second-order valence-corrected chi connectivity index (χ2v) is 6.97. The number of benzene rings is 1. The lowest BCUT2D eigenvalue weighted by atomic mass is 10.0. The predicted molar refractivity (Wildman–Crippen MR) is 82.4 cm³/mol. The minimum Gasteiger partial charge on any atom is -0.388 e. The zero-order chi connectivity index (χ0) is 14.0. The van der Waals surface area contributed by atoms with E-state index in [2.05, 4.69) is 39.4 Å². The van der Waals surface area contributed by atoms with Gasteiger partial charge in [0.2, 0.25) is 0 Å². The van der Waals surface area contributed by atoms with Gasteiger partial charge < -0.3 is 15.3 Å². The van der Waals surface area contributed by atoms with Crippen LogP contribution < -0.4 is 5.32 Å². The topological polar surface area (TPSA) is 35.5 Å². The number of rotatable bonds is 5. The molecule has 0 amide bonds. The Hall–Kier alpha value is -0.420. The molecule has 2 atom stereocenters. The predicted octanol–water partition coefficient (Wildman–Crippen LogP) is 2.34. The zero-order valence-electron chi connectivity index (χ0n) is 11.9. The van der Waals surface area contributed by atoms with Crippen molar-refractivity contribution in [2.75, 3.05) is 27.2 Å². The van der Waals surface area contributed by atoms with Crippen molar-refractivity contribution >= 4 is 15.9 Å². The summed E-state index contributed by atoms with van der Waals surface area (Å²) >= 11 is 3.52. The van der Waals surface area contributed by atoms with Gasteiger partial charge in [-0.3, -0.25) is 0 Å². The van der Waals surface area contributed by atoms with Crippen LogP contribution in [-0.4, -0.2) is 42.8 Å². The standard InChI is InChI=1S/C15H23BrN2O/c1-15(19,10-18(2)3)9-17-14-7-4-11-8-12(16)5-6-13(11)14/h5-6,8,14,17,19H,4,7,9-10H2,1-3H3. The van der Waals surface area contributed by atoms with Crippen LogP contribution in [-0.2, 0) is 6.42 Å². The molecule has 0 aliphatic heterocycles. The van der Waals surface area contributed by atoms with Crippen molar-refractivity contribution in [3.63, 3.8) is 0 Å². The fourth-order valence-corrected chi connectivity index (χ4v) is 3.29. The number of halogens is 1. The second-order valence-electron chi connectivity index (χ2n) is 6.05. The van der Waals surface area contributed by atoms with Gasteiger partial charge in [0.15, 0.2) is 0 Å². The number of nitrogens with one attached hydrogen (secondary N) is 1. The molecule has 0 aromatic heterocycles. The molecule has 2 rings (SSSR count). The van der Waals surface area contributed by atoms with E-state index >= 15 is 0 Å². The number of nitrogens with zero attached hydrogens (tertiary/aromatic N) is 1. The van der Waals surface area contributed by atoms with Crippen LogP contribution in [0.1, 0.15) is 30.5 Å². The zero-order valence-corrected chi connectivity index (χ0v) is 13.5. The van der Waals surface area contributed by atoms with Crippen molar-refractivity contribution in [2.45, 2.75) is 31.4 Å². The lowest BCUT2D eigenvalue weighted by Crippen LogP contribution is -2.46. The molecule has 106 valence electrons. The molecule has 19 heavy (non-hydrogen) atoms. The van der Waals surface area contributed by atoms with E-state index < -0.39 is 5.60 Å². The van der Waals surface area contributed by atoms with Gasteiger partial charge in [-0.05, 0) is 57.1 Å². The lowest BCUT2D eigenvalue weighted by Gasteiger charge is -2.29. The monoisotopic (exact) mass is 326 g/mol. The number of aryl methyl sites for hydroxylation is 1. The van der Waals surface area contributed by atoms with Gasteiger partial charge in [0.1, 0.15) is 0 Å². The lowest BCUT2D eigenvalue weighted by molar-refractivity contribution is 0.0313. The first-order valence-electron chi connectivity index (χ1n) is 6.76. The summed E-state index contributed by atoms with van der Waals surface area (Å²) in [5, 5.41) is 13.8. The maximum absolute atomic E-state index is 10.3. The summed E-state index contributed by atoms with van der Waals surface area (Å²) in [6, 6.07) is 6.85. The van der Waals surface area contributed by atoms with Gasteiger partial charge in [0.25, 0.3) is 0 Å². The summed E-state index contributed by atoms with van der Waals surface area (Å²) < 4.78 is 1.14. The van der Waals surface area contributed by atoms with Gasteiger partial charge in [-0.1, -0.05) is 22.0 Å². The summed E-state index contributed by atoms with van der Waals surface area (Å²) in [5.74, 6) is 0. The van der Waals surface area contributed by atoms with Crippen molar-refractivity contribution in [3.05, 3.63) is 33.8 Å². The number of likely N-dealkylation sites (N-methyl/N-ethyl adjacent to an activating group) is 1. The summed E-state index contributed by atoms with van der Waals surface area (Å²) in [4.78, 5) is 2.02. The molecule has 1 aromatic carbocycles. The average Bonchev–Trinajstić information content (AvgIpc) is 2.67. The number of hydrogen-bond donors (Lipinski definition) is 2. The Bertz CT molecular complexity index is 446. The molecule has 0 bridgehead atoms. The Labute approximate surface area is 124 Å². The van der Waals surface area contributed by atoms with Crippen LogP contribution in [0.25, 0.3) is 0 Å². The Morgan fingerprint density at radius 2 is 2.21 bits per heavy atom. The van der Waals surface area contributed by atoms with Gasteiger partial charge in [-0.25, -0.2) is 0 Å². The van der Waals surface area contributed by atoms with Crippen LogP contribution in [0.4, 0.5) is 0 Å². The molecule has 0 saturated heterocycles. The van der Waals surface area contributed by atoms with Crippen molar-refractivity contribution in [3.8, 4) is 0 Å². The van der Waals surface area contributed by atoms with E-state index in [9.17, 15) is 5.11 Å². The summed E-state index contributed by atoms with van der Waals surface area (Å²) in [7, 11) is 3.97. The maximum Gasteiger partial charge on any atom is 0.0869 e. The third kappa shape index (κ3) is 4.02. The molecule has 0 heterocycles. The van der Waals surface area contributed by atoms with Crippen molar-refractivity contribution < 1.29 is 5.11 Å². The van der Waals surface area contributed by atoms with E-state index in [1.54, 1.807) is 0 Å². The Morgan fingerprint density at radius 3 is 2.89 bits per heavy atom. The first-order chi connectivity index (χ1) is 8.87. The van der Waals surface area contributed by atoms with Crippen LogP contribution >= 0.6 is 15.9 Å². The smallest absolute Gasteiger partial charge is 0.0869 e. The first-order valence-corrected chi connectivity index (χ1v) is 7.55. The van der Waals surface area contributed by atoms with Crippen LogP contribution in [0, 0.1) is 0 Å². The van der Waals surface area contributed by atoms with Crippen LogP contribution in [0.2, 0.25) is 0 Å². The van der Waals surface area contributed by atoms with E-state index in [0.29, 0.717) is 19.1 Å². The van der Waals surface area contributed by atoms with Gasteiger partial charge >= 0.3 is 0 Å². The molecular weight excluding hydrogens is 304 g/mol. The highest BCUT2D eigenvalue weighted by molar-refractivity contribution is 9.10. The summed E-state index contributed by atoms with van der Waals surface area (Å²) in [6.07, 6.45) is 2.23. The van der Waals surface area contributed by atoms with Crippen molar-refractivity contribution in [1.29, 1.82) is 0 Å². The van der Waals surface area contributed by atoms with Gasteiger partial charge in [0.05, 0.1) is 5.60 Å². The van der Waals surface area contributed by atoms with E-state index in [1.165, 1.54) is 11.1 Å². The second kappa shape index (κ2) is 5.92. The molecule has 2 unspecified atom stereocenters. The van der Waals surface area contributed by atoms with E-state index in [0.717, 1.165) is 17.3 Å². The van der Waals surface area contributed by atoms with Crippen molar-refractivity contribution in [1.82, 2.24) is 10.2 Å². The highest BCUT2D eigenvalue weighted by Crippen LogP contribution is 2.33. The van der Waals surface area contributed by atoms with E-state index in [1.807, 2.05) is 25.9 Å². The molecule has 0 radical (unpaired) electrons. The molecule has 1 aliphatic rings. The average molecular weight is 327 g/mol. The van der Waals surface area contributed by atoms with Gasteiger partial charge in [0, 0.05) is 23.6 Å². The molecule has 3 nitrogen and oxygen atoms in total.